The summed E-state index contributed by atoms with van der Waals surface area (Å²) in [5.74, 6) is 1.82. The Hall–Kier alpha value is -1.28. The van der Waals surface area contributed by atoms with Crippen LogP contribution in [0.25, 0.3) is 5.57 Å². The number of hydrogen-bond donors (Lipinski definition) is 1. The molecule has 96 valence electrons. The molecule has 1 aliphatic heterocycles. The first-order chi connectivity index (χ1) is 8.92. The van der Waals surface area contributed by atoms with E-state index in [0.717, 1.165) is 37.8 Å². The van der Waals surface area contributed by atoms with E-state index in [2.05, 4.69) is 35.7 Å². The van der Waals surface area contributed by atoms with E-state index in [0.29, 0.717) is 0 Å². The van der Waals surface area contributed by atoms with Crippen LogP contribution in [0.3, 0.4) is 0 Å². The van der Waals surface area contributed by atoms with Gasteiger partial charge in [-0.15, -0.1) is 0 Å². The Morgan fingerprint density at radius 1 is 1.17 bits per heavy atom. The van der Waals surface area contributed by atoms with Crippen LogP contribution in [0.1, 0.15) is 31.2 Å². The Bertz CT molecular complexity index is 417. The van der Waals surface area contributed by atoms with Gasteiger partial charge in [0.25, 0.3) is 0 Å². The van der Waals surface area contributed by atoms with Crippen molar-refractivity contribution in [2.75, 3.05) is 19.7 Å². The maximum absolute atomic E-state index is 5.82. The molecule has 1 N–H and O–H groups in total. The van der Waals surface area contributed by atoms with Gasteiger partial charge in [-0.05, 0) is 55.0 Å². The lowest BCUT2D eigenvalue weighted by atomic mass is 9.86. The maximum Gasteiger partial charge on any atom is 0.119 e. The second-order valence-corrected chi connectivity index (χ2v) is 5.32. The van der Waals surface area contributed by atoms with Crippen molar-refractivity contribution in [3.05, 3.63) is 35.9 Å². The molecule has 0 atom stereocenters. The number of rotatable bonds is 4. The lowest BCUT2D eigenvalue weighted by Gasteiger charge is -2.25. The topological polar surface area (TPSA) is 21.3 Å². The highest BCUT2D eigenvalue weighted by molar-refractivity contribution is 5.67. The highest BCUT2D eigenvalue weighted by atomic mass is 16.5. The third-order valence-corrected chi connectivity index (χ3v) is 4.00. The molecular formula is C16H21NO. The standard InChI is InChI=1S/C16H21NO/c1-2-13(3-1)12-18-16-6-4-14(5-7-16)15-8-10-17-11-9-15/h4-8,13,17H,1-3,9-12H2. The summed E-state index contributed by atoms with van der Waals surface area (Å²) < 4.78 is 5.82. The fraction of sp³-hybridized carbons (Fsp3) is 0.500. The van der Waals surface area contributed by atoms with Crippen molar-refractivity contribution in [1.82, 2.24) is 5.32 Å². The molecule has 0 spiro atoms. The molecule has 0 bridgehead atoms. The summed E-state index contributed by atoms with van der Waals surface area (Å²) in [7, 11) is 0. The Kier molecular flexibility index (Phi) is 3.65. The lowest BCUT2D eigenvalue weighted by Crippen LogP contribution is -2.20. The molecule has 1 fully saturated rings. The second-order valence-electron chi connectivity index (χ2n) is 5.32. The van der Waals surface area contributed by atoms with E-state index in [4.69, 9.17) is 4.74 Å². The van der Waals surface area contributed by atoms with Gasteiger partial charge in [0, 0.05) is 6.54 Å². The fourth-order valence-corrected chi connectivity index (χ4v) is 2.52. The Labute approximate surface area is 109 Å². The lowest BCUT2D eigenvalue weighted by molar-refractivity contribution is 0.180. The molecule has 0 unspecified atom stereocenters. The van der Waals surface area contributed by atoms with Crippen LogP contribution in [0.4, 0.5) is 0 Å². The zero-order chi connectivity index (χ0) is 12.2. The van der Waals surface area contributed by atoms with E-state index in [1.807, 2.05) is 0 Å². The van der Waals surface area contributed by atoms with Gasteiger partial charge in [0.2, 0.25) is 0 Å². The van der Waals surface area contributed by atoms with Gasteiger partial charge in [0.1, 0.15) is 5.75 Å². The summed E-state index contributed by atoms with van der Waals surface area (Å²) in [6, 6.07) is 8.59. The van der Waals surface area contributed by atoms with Crippen molar-refractivity contribution in [1.29, 1.82) is 0 Å². The fourth-order valence-electron chi connectivity index (χ4n) is 2.52. The monoisotopic (exact) mass is 243 g/mol. The van der Waals surface area contributed by atoms with E-state index >= 15 is 0 Å². The molecule has 0 saturated heterocycles. The van der Waals surface area contributed by atoms with Gasteiger partial charge in [0.15, 0.2) is 0 Å². The molecule has 1 aromatic rings. The van der Waals surface area contributed by atoms with Crippen LogP contribution in [0, 0.1) is 5.92 Å². The highest BCUT2D eigenvalue weighted by Crippen LogP contribution is 2.28. The summed E-state index contributed by atoms with van der Waals surface area (Å²) in [6.45, 7) is 2.98. The summed E-state index contributed by atoms with van der Waals surface area (Å²) in [5, 5.41) is 3.34. The molecule has 2 aliphatic rings. The van der Waals surface area contributed by atoms with Gasteiger partial charge in [0.05, 0.1) is 6.61 Å². The molecule has 18 heavy (non-hydrogen) atoms. The van der Waals surface area contributed by atoms with Crippen molar-refractivity contribution < 1.29 is 4.74 Å². The van der Waals surface area contributed by atoms with Crippen molar-refractivity contribution >= 4 is 5.57 Å². The SMILES string of the molecule is C1=C(c2ccc(OCC3CCC3)cc2)CCNC1. The first-order valence-electron chi connectivity index (χ1n) is 7.05. The van der Waals surface area contributed by atoms with E-state index in [-0.39, 0.29) is 0 Å². The van der Waals surface area contributed by atoms with Gasteiger partial charge in [-0.2, -0.15) is 0 Å². The van der Waals surface area contributed by atoms with Crippen LogP contribution in [0.5, 0.6) is 5.75 Å². The van der Waals surface area contributed by atoms with Gasteiger partial charge in [-0.25, -0.2) is 0 Å². The van der Waals surface area contributed by atoms with Gasteiger partial charge < -0.3 is 10.1 Å². The van der Waals surface area contributed by atoms with Crippen molar-refractivity contribution in [3.63, 3.8) is 0 Å². The van der Waals surface area contributed by atoms with Gasteiger partial charge >= 0.3 is 0 Å². The predicted molar refractivity (Wildman–Crippen MR) is 74.7 cm³/mol. The van der Waals surface area contributed by atoms with Crippen molar-refractivity contribution in [2.45, 2.75) is 25.7 Å². The van der Waals surface area contributed by atoms with Crippen LogP contribution in [-0.2, 0) is 0 Å². The molecule has 1 saturated carbocycles. The minimum atomic E-state index is 0.803. The van der Waals surface area contributed by atoms with E-state index in [1.165, 1.54) is 30.4 Å². The Morgan fingerprint density at radius 2 is 2.00 bits per heavy atom. The normalized spacial score (nSPS) is 20.1. The van der Waals surface area contributed by atoms with E-state index < -0.39 is 0 Å². The minimum Gasteiger partial charge on any atom is -0.493 e. The van der Waals surface area contributed by atoms with E-state index in [1.54, 1.807) is 0 Å². The Morgan fingerprint density at radius 3 is 2.61 bits per heavy atom. The number of nitrogens with one attached hydrogen (secondary N) is 1. The predicted octanol–water partition coefficient (Wildman–Crippen LogP) is 3.24. The first kappa shape index (κ1) is 11.8. The van der Waals surface area contributed by atoms with Crippen LogP contribution >= 0.6 is 0 Å². The molecule has 0 aromatic heterocycles. The second kappa shape index (κ2) is 5.57. The van der Waals surface area contributed by atoms with Gasteiger partial charge in [-0.3, -0.25) is 0 Å². The smallest absolute Gasteiger partial charge is 0.119 e. The summed E-state index contributed by atoms with van der Waals surface area (Å²) in [4.78, 5) is 0. The molecule has 2 nitrogen and oxygen atoms in total. The molecule has 3 rings (SSSR count). The Balaban J connectivity index is 1.59. The van der Waals surface area contributed by atoms with Gasteiger partial charge in [-0.1, -0.05) is 24.6 Å². The number of hydrogen-bond acceptors (Lipinski definition) is 2. The molecule has 1 aromatic carbocycles. The molecule has 2 heteroatoms. The minimum absolute atomic E-state index is 0.803. The first-order valence-corrected chi connectivity index (χ1v) is 7.05. The molecule has 0 amide bonds. The summed E-state index contributed by atoms with van der Waals surface area (Å²) in [6.07, 6.45) is 7.49. The van der Waals surface area contributed by atoms with Crippen LogP contribution in [0.15, 0.2) is 30.3 Å². The summed E-state index contributed by atoms with van der Waals surface area (Å²) >= 11 is 0. The quantitative estimate of drug-likeness (QED) is 0.876. The molecule has 1 heterocycles. The largest absolute Gasteiger partial charge is 0.493 e. The zero-order valence-electron chi connectivity index (χ0n) is 10.8. The zero-order valence-corrected chi connectivity index (χ0v) is 10.8. The average molecular weight is 243 g/mol. The average Bonchev–Trinajstić information content (AvgIpc) is 2.39. The third kappa shape index (κ3) is 2.75. The van der Waals surface area contributed by atoms with Crippen LogP contribution < -0.4 is 10.1 Å². The third-order valence-electron chi connectivity index (χ3n) is 4.00. The maximum atomic E-state index is 5.82. The van der Waals surface area contributed by atoms with Crippen LogP contribution in [0.2, 0.25) is 0 Å². The van der Waals surface area contributed by atoms with Crippen molar-refractivity contribution in [2.24, 2.45) is 5.92 Å². The summed E-state index contributed by atoms with van der Waals surface area (Å²) in [5.41, 5.74) is 2.80. The highest BCUT2D eigenvalue weighted by Gasteiger charge is 2.17. The number of ether oxygens (including phenoxy) is 1. The van der Waals surface area contributed by atoms with Crippen LogP contribution in [-0.4, -0.2) is 19.7 Å². The molecule has 1 aliphatic carbocycles. The number of benzene rings is 1. The van der Waals surface area contributed by atoms with E-state index in [9.17, 15) is 0 Å². The van der Waals surface area contributed by atoms with Crippen molar-refractivity contribution in [3.8, 4) is 5.75 Å². The molecular weight excluding hydrogens is 222 g/mol. The molecule has 0 radical (unpaired) electrons.